The Morgan fingerprint density at radius 2 is 1.90 bits per heavy atom. The molecule has 0 aliphatic rings. The summed E-state index contributed by atoms with van der Waals surface area (Å²) in [6.07, 6.45) is 0.194. The molecule has 3 nitrogen and oxygen atoms in total. The van der Waals surface area contributed by atoms with Crippen LogP contribution in [0.3, 0.4) is 0 Å². The molecule has 0 atom stereocenters. The van der Waals surface area contributed by atoms with E-state index in [-0.39, 0.29) is 12.4 Å². The van der Waals surface area contributed by atoms with Gasteiger partial charge in [-0.15, -0.1) is 0 Å². The minimum Gasteiger partial charge on any atom is -0.497 e. The molecule has 2 aromatic rings. The van der Waals surface area contributed by atoms with Crippen LogP contribution >= 0.6 is 27.5 Å². The van der Waals surface area contributed by atoms with Crippen molar-refractivity contribution < 1.29 is 14.3 Å². The number of rotatable bonds is 4. The number of hydrogen-bond donors (Lipinski definition) is 0. The molecule has 2 rings (SSSR count). The molecule has 0 amide bonds. The fourth-order valence-electron chi connectivity index (χ4n) is 1.63. The third-order valence-electron chi connectivity index (χ3n) is 2.63. The highest BCUT2D eigenvalue weighted by atomic mass is 79.9. The van der Waals surface area contributed by atoms with Crippen molar-refractivity contribution in [2.75, 3.05) is 7.11 Å². The molecule has 0 aliphatic heterocycles. The van der Waals surface area contributed by atoms with Crippen molar-refractivity contribution in [2.24, 2.45) is 0 Å². The molecule has 5 heteroatoms. The summed E-state index contributed by atoms with van der Waals surface area (Å²) in [5, 5.41) is 0.576. The number of ether oxygens (including phenoxy) is 2. The molecule has 0 saturated carbocycles. The number of carbonyl (C=O) groups excluding carboxylic acids is 1. The average molecular weight is 356 g/mol. The second kappa shape index (κ2) is 6.77. The summed E-state index contributed by atoms with van der Waals surface area (Å²) < 4.78 is 11.0. The van der Waals surface area contributed by atoms with E-state index in [0.29, 0.717) is 15.2 Å². The molecule has 0 N–H and O–H groups in total. The zero-order chi connectivity index (χ0) is 14.5. The lowest BCUT2D eigenvalue weighted by Gasteiger charge is -2.07. The lowest BCUT2D eigenvalue weighted by molar-refractivity contribution is -0.133. The molecule has 0 radical (unpaired) electrons. The van der Waals surface area contributed by atoms with E-state index in [1.807, 2.05) is 12.1 Å². The summed E-state index contributed by atoms with van der Waals surface area (Å²) in [4.78, 5) is 11.9. The van der Waals surface area contributed by atoms with E-state index in [1.54, 1.807) is 37.4 Å². The maximum Gasteiger partial charge on any atom is 0.315 e. The van der Waals surface area contributed by atoms with Crippen molar-refractivity contribution in [3.05, 3.63) is 57.5 Å². The van der Waals surface area contributed by atoms with Crippen LogP contribution in [-0.2, 0) is 11.2 Å². The van der Waals surface area contributed by atoms with Gasteiger partial charge in [0, 0.05) is 5.02 Å². The van der Waals surface area contributed by atoms with Gasteiger partial charge < -0.3 is 9.47 Å². The van der Waals surface area contributed by atoms with E-state index in [2.05, 4.69) is 15.9 Å². The first-order valence-electron chi connectivity index (χ1n) is 5.87. The first-order chi connectivity index (χ1) is 9.58. The monoisotopic (exact) mass is 354 g/mol. The topological polar surface area (TPSA) is 35.5 Å². The van der Waals surface area contributed by atoms with E-state index in [1.165, 1.54) is 0 Å². The predicted molar refractivity (Wildman–Crippen MR) is 81.5 cm³/mol. The Kier molecular flexibility index (Phi) is 5.04. The standard InChI is InChI=1S/C15H12BrClO3/c1-19-12-5-2-10(3-6-12)8-15(18)20-14-7-4-11(17)9-13(14)16/h2-7,9H,8H2,1H3. The number of halogens is 2. The van der Waals surface area contributed by atoms with Crippen molar-refractivity contribution in [3.63, 3.8) is 0 Å². The SMILES string of the molecule is COc1ccc(CC(=O)Oc2ccc(Cl)cc2Br)cc1. The molecule has 0 aromatic heterocycles. The van der Waals surface area contributed by atoms with E-state index in [0.717, 1.165) is 11.3 Å². The van der Waals surface area contributed by atoms with E-state index in [9.17, 15) is 4.79 Å². The maximum absolute atomic E-state index is 11.9. The quantitative estimate of drug-likeness (QED) is 0.607. The maximum atomic E-state index is 11.9. The molecule has 0 bridgehead atoms. The van der Waals surface area contributed by atoms with Crippen LogP contribution in [0.4, 0.5) is 0 Å². The third kappa shape index (κ3) is 3.99. The Hall–Kier alpha value is -1.52. The Morgan fingerprint density at radius 1 is 1.20 bits per heavy atom. The number of carbonyl (C=O) groups is 1. The van der Waals surface area contributed by atoms with Gasteiger partial charge in [0.2, 0.25) is 0 Å². The van der Waals surface area contributed by atoms with Crippen molar-refractivity contribution in [2.45, 2.75) is 6.42 Å². The zero-order valence-corrected chi connectivity index (χ0v) is 13.1. The molecular weight excluding hydrogens is 344 g/mol. The minimum absolute atomic E-state index is 0.194. The summed E-state index contributed by atoms with van der Waals surface area (Å²) in [5.41, 5.74) is 0.862. The van der Waals surface area contributed by atoms with Crippen molar-refractivity contribution >= 4 is 33.5 Å². The van der Waals surface area contributed by atoms with Gasteiger partial charge in [-0.05, 0) is 51.8 Å². The summed E-state index contributed by atoms with van der Waals surface area (Å²) in [5.74, 6) is 0.869. The molecule has 104 valence electrons. The van der Waals surface area contributed by atoms with Crippen molar-refractivity contribution in [1.29, 1.82) is 0 Å². The van der Waals surface area contributed by atoms with Crippen LogP contribution in [0, 0.1) is 0 Å². The fraction of sp³-hybridized carbons (Fsp3) is 0.133. The summed E-state index contributed by atoms with van der Waals surface area (Å²) in [6.45, 7) is 0. The van der Waals surface area contributed by atoms with Gasteiger partial charge in [0.05, 0.1) is 18.0 Å². The van der Waals surface area contributed by atoms with Gasteiger partial charge in [-0.1, -0.05) is 23.7 Å². The molecule has 2 aromatic carbocycles. The zero-order valence-electron chi connectivity index (χ0n) is 10.7. The van der Waals surface area contributed by atoms with Gasteiger partial charge in [0.25, 0.3) is 0 Å². The van der Waals surface area contributed by atoms with Crippen molar-refractivity contribution in [3.8, 4) is 11.5 Å². The lowest BCUT2D eigenvalue weighted by atomic mass is 10.1. The van der Waals surface area contributed by atoms with Crippen LogP contribution in [-0.4, -0.2) is 13.1 Å². The van der Waals surface area contributed by atoms with Crippen molar-refractivity contribution in [1.82, 2.24) is 0 Å². The molecular formula is C15H12BrClO3. The Labute approximate surface area is 130 Å². The molecule has 0 fully saturated rings. The summed E-state index contributed by atoms with van der Waals surface area (Å²) in [6, 6.07) is 12.3. The third-order valence-corrected chi connectivity index (χ3v) is 3.48. The molecule has 0 aliphatic carbocycles. The summed E-state index contributed by atoms with van der Waals surface area (Å²) >= 11 is 9.13. The van der Waals surface area contributed by atoms with Gasteiger partial charge >= 0.3 is 5.97 Å². The minimum atomic E-state index is -0.335. The smallest absolute Gasteiger partial charge is 0.315 e. The molecule has 0 heterocycles. The first-order valence-corrected chi connectivity index (χ1v) is 7.04. The van der Waals surface area contributed by atoms with Crippen LogP contribution in [0.2, 0.25) is 5.02 Å². The Bertz CT molecular complexity index is 611. The molecule has 20 heavy (non-hydrogen) atoms. The van der Waals surface area contributed by atoms with Crippen LogP contribution < -0.4 is 9.47 Å². The number of benzene rings is 2. The highest BCUT2D eigenvalue weighted by molar-refractivity contribution is 9.10. The van der Waals surface area contributed by atoms with Gasteiger partial charge in [-0.25, -0.2) is 0 Å². The number of methoxy groups -OCH3 is 1. The highest BCUT2D eigenvalue weighted by Crippen LogP contribution is 2.28. The predicted octanol–water partition coefficient (Wildman–Crippen LogP) is 4.26. The van der Waals surface area contributed by atoms with Crippen LogP contribution in [0.1, 0.15) is 5.56 Å². The van der Waals surface area contributed by atoms with Gasteiger partial charge in [-0.3, -0.25) is 4.79 Å². The number of hydrogen-bond acceptors (Lipinski definition) is 3. The van der Waals surface area contributed by atoms with E-state index < -0.39 is 0 Å². The molecule has 0 unspecified atom stereocenters. The molecule has 0 spiro atoms. The van der Waals surface area contributed by atoms with Gasteiger partial charge in [0.1, 0.15) is 11.5 Å². The molecule has 0 saturated heterocycles. The first kappa shape index (κ1) is 14.9. The fourth-order valence-corrected chi connectivity index (χ4v) is 2.39. The van der Waals surface area contributed by atoms with Crippen LogP contribution in [0.25, 0.3) is 0 Å². The van der Waals surface area contributed by atoms with Crippen LogP contribution in [0.15, 0.2) is 46.9 Å². The second-order valence-corrected chi connectivity index (χ2v) is 5.36. The average Bonchev–Trinajstić information content (AvgIpc) is 2.43. The lowest BCUT2D eigenvalue weighted by Crippen LogP contribution is -2.11. The Balaban J connectivity index is 2.01. The second-order valence-electron chi connectivity index (χ2n) is 4.07. The number of esters is 1. The van der Waals surface area contributed by atoms with E-state index in [4.69, 9.17) is 21.1 Å². The largest absolute Gasteiger partial charge is 0.497 e. The van der Waals surface area contributed by atoms with Gasteiger partial charge in [-0.2, -0.15) is 0 Å². The highest BCUT2D eigenvalue weighted by Gasteiger charge is 2.09. The van der Waals surface area contributed by atoms with E-state index >= 15 is 0 Å². The summed E-state index contributed by atoms with van der Waals surface area (Å²) in [7, 11) is 1.60. The normalized spacial score (nSPS) is 10.2. The van der Waals surface area contributed by atoms with Gasteiger partial charge in [0.15, 0.2) is 0 Å². The van der Waals surface area contributed by atoms with Crippen LogP contribution in [0.5, 0.6) is 11.5 Å². The Morgan fingerprint density at radius 3 is 2.50 bits per heavy atom.